The summed E-state index contributed by atoms with van der Waals surface area (Å²) >= 11 is 0. The van der Waals surface area contributed by atoms with Crippen molar-refractivity contribution in [3.05, 3.63) is 78.1 Å². The molecule has 2 heterocycles. The van der Waals surface area contributed by atoms with Crippen LogP contribution in [0, 0.1) is 0 Å². The van der Waals surface area contributed by atoms with E-state index < -0.39 is 26.3 Å². The minimum Gasteiger partial charge on any atom is -0.383 e. The Kier molecular flexibility index (Phi) is 5.64. The Bertz CT molecular complexity index is 1510. The Balaban J connectivity index is 1.95. The number of rotatable bonds is 4. The SMILES string of the molecule is CC(C)(c1cc(-c2cccc(-c3cc(C(F)(F)F)cnc3N)c2)c2ncccc2c1)S(C)(=O)=O. The highest BCUT2D eigenvalue weighted by molar-refractivity contribution is 7.91. The average Bonchev–Trinajstić information content (AvgIpc) is 2.77. The van der Waals surface area contributed by atoms with Crippen molar-refractivity contribution in [1.82, 2.24) is 9.97 Å². The quantitative estimate of drug-likeness (QED) is 0.392. The summed E-state index contributed by atoms with van der Waals surface area (Å²) in [6.45, 7) is 3.27. The van der Waals surface area contributed by atoms with Crippen molar-refractivity contribution in [3.63, 3.8) is 0 Å². The van der Waals surface area contributed by atoms with Crippen molar-refractivity contribution >= 4 is 26.6 Å². The van der Waals surface area contributed by atoms with Crippen LogP contribution >= 0.6 is 0 Å². The number of nitrogens with zero attached hydrogens (tertiary/aromatic N) is 2. The molecule has 0 bridgehead atoms. The molecule has 176 valence electrons. The van der Waals surface area contributed by atoms with Crippen LogP contribution in [-0.2, 0) is 20.8 Å². The molecule has 9 heteroatoms. The average molecular weight is 486 g/mol. The van der Waals surface area contributed by atoms with E-state index >= 15 is 0 Å². The molecule has 2 aromatic carbocycles. The number of sulfone groups is 1. The van der Waals surface area contributed by atoms with Crippen LogP contribution in [0.5, 0.6) is 0 Å². The first-order valence-electron chi connectivity index (χ1n) is 10.3. The highest BCUT2D eigenvalue weighted by Crippen LogP contribution is 2.39. The van der Waals surface area contributed by atoms with Crippen molar-refractivity contribution in [1.29, 1.82) is 0 Å². The molecule has 34 heavy (non-hydrogen) atoms. The van der Waals surface area contributed by atoms with E-state index in [-0.39, 0.29) is 11.4 Å². The van der Waals surface area contributed by atoms with Crippen LogP contribution in [-0.4, -0.2) is 24.6 Å². The number of aromatic nitrogens is 2. The number of anilines is 1. The monoisotopic (exact) mass is 485 g/mol. The smallest absolute Gasteiger partial charge is 0.383 e. The van der Waals surface area contributed by atoms with Crippen molar-refractivity contribution in [3.8, 4) is 22.3 Å². The maximum absolute atomic E-state index is 13.2. The number of benzene rings is 2. The van der Waals surface area contributed by atoms with Gasteiger partial charge in [0.1, 0.15) is 5.82 Å². The zero-order valence-corrected chi connectivity index (χ0v) is 19.5. The molecule has 0 amide bonds. The molecule has 0 aliphatic carbocycles. The zero-order valence-electron chi connectivity index (χ0n) is 18.7. The predicted molar refractivity (Wildman–Crippen MR) is 128 cm³/mol. The van der Waals surface area contributed by atoms with E-state index in [1.165, 1.54) is 6.26 Å². The van der Waals surface area contributed by atoms with Crippen LogP contribution in [0.4, 0.5) is 19.0 Å². The van der Waals surface area contributed by atoms with Gasteiger partial charge in [0.25, 0.3) is 0 Å². The van der Waals surface area contributed by atoms with E-state index in [9.17, 15) is 21.6 Å². The normalized spacial score (nSPS) is 12.8. The fourth-order valence-electron chi connectivity index (χ4n) is 3.69. The zero-order chi connectivity index (χ0) is 24.9. The summed E-state index contributed by atoms with van der Waals surface area (Å²) in [7, 11) is -3.45. The molecule has 5 nitrogen and oxygen atoms in total. The van der Waals surface area contributed by atoms with Gasteiger partial charge in [-0.2, -0.15) is 13.2 Å². The second-order valence-electron chi connectivity index (χ2n) is 8.62. The number of hydrogen-bond acceptors (Lipinski definition) is 5. The molecule has 0 fully saturated rings. The summed E-state index contributed by atoms with van der Waals surface area (Å²) in [6, 6.07) is 15.0. The van der Waals surface area contributed by atoms with Crippen molar-refractivity contribution in [2.75, 3.05) is 12.0 Å². The third-order valence-electron chi connectivity index (χ3n) is 6.06. The van der Waals surface area contributed by atoms with Gasteiger partial charge in [0.05, 0.1) is 15.8 Å². The lowest BCUT2D eigenvalue weighted by atomic mass is 9.92. The molecule has 0 saturated heterocycles. The predicted octanol–water partition coefficient (Wildman–Crippen LogP) is 5.84. The lowest BCUT2D eigenvalue weighted by Crippen LogP contribution is -2.28. The van der Waals surface area contributed by atoms with Crippen LogP contribution in [0.2, 0.25) is 0 Å². The fourth-order valence-corrected chi connectivity index (χ4v) is 4.24. The molecule has 4 rings (SSSR count). The van der Waals surface area contributed by atoms with Crippen LogP contribution in [0.3, 0.4) is 0 Å². The summed E-state index contributed by atoms with van der Waals surface area (Å²) in [5, 5.41) is 0.748. The minimum absolute atomic E-state index is 0.0277. The van der Waals surface area contributed by atoms with Gasteiger partial charge in [0.2, 0.25) is 0 Å². The van der Waals surface area contributed by atoms with E-state index in [4.69, 9.17) is 5.73 Å². The summed E-state index contributed by atoms with van der Waals surface area (Å²) < 4.78 is 63.6. The molecule has 2 N–H and O–H groups in total. The summed E-state index contributed by atoms with van der Waals surface area (Å²) in [5.74, 6) is -0.0277. The summed E-state index contributed by atoms with van der Waals surface area (Å²) in [6.07, 6.45) is -1.04. The van der Waals surface area contributed by atoms with Crippen LogP contribution in [0.15, 0.2) is 67.0 Å². The van der Waals surface area contributed by atoms with Gasteiger partial charge >= 0.3 is 6.18 Å². The van der Waals surface area contributed by atoms with Gasteiger partial charge in [-0.3, -0.25) is 4.98 Å². The third-order valence-corrected chi connectivity index (χ3v) is 8.15. The second-order valence-corrected chi connectivity index (χ2v) is 11.2. The summed E-state index contributed by atoms with van der Waals surface area (Å²) in [4.78, 5) is 8.20. The number of fused-ring (bicyclic) bond motifs is 1. The first kappa shape index (κ1) is 23.7. The van der Waals surface area contributed by atoms with E-state index in [2.05, 4.69) is 9.97 Å². The highest BCUT2D eigenvalue weighted by Gasteiger charge is 2.33. The van der Waals surface area contributed by atoms with E-state index in [0.717, 1.165) is 11.5 Å². The Morgan fingerprint density at radius 1 is 0.853 bits per heavy atom. The maximum atomic E-state index is 13.2. The molecule has 0 spiro atoms. The fraction of sp³-hybridized carbons (Fsp3) is 0.200. The molecular weight excluding hydrogens is 463 g/mol. The van der Waals surface area contributed by atoms with Crippen LogP contribution in [0.1, 0.15) is 25.0 Å². The first-order chi connectivity index (χ1) is 15.8. The van der Waals surface area contributed by atoms with Gasteiger partial charge in [-0.05, 0) is 60.9 Å². The molecule has 0 saturated carbocycles. The molecule has 0 aliphatic heterocycles. The van der Waals surface area contributed by atoms with Crippen LogP contribution in [0.25, 0.3) is 33.2 Å². The highest BCUT2D eigenvalue weighted by atomic mass is 32.2. The molecule has 0 unspecified atom stereocenters. The second kappa shape index (κ2) is 8.09. The number of nitrogens with two attached hydrogens (primary N) is 1. The molecule has 0 radical (unpaired) electrons. The van der Waals surface area contributed by atoms with Crippen molar-refractivity contribution < 1.29 is 21.6 Å². The Morgan fingerprint density at radius 3 is 2.15 bits per heavy atom. The Hall–Kier alpha value is -3.46. The van der Waals surface area contributed by atoms with E-state index in [1.54, 1.807) is 62.5 Å². The molecule has 0 atom stereocenters. The lowest BCUT2D eigenvalue weighted by Gasteiger charge is -2.24. The number of halogens is 3. The maximum Gasteiger partial charge on any atom is 0.417 e. The first-order valence-corrected chi connectivity index (χ1v) is 12.2. The Morgan fingerprint density at radius 2 is 1.50 bits per heavy atom. The number of hydrogen-bond donors (Lipinski definition) is 1. The van der Waals surface area contributed by atoms with Crippen molar-refractivity contribution in [2.45, 2.75) is 24.8 Å². The van der Waals surface area contributed by atoms with Gasteiger partial charge in [0.15, 0.2) is 9.84 Å². The van der Waals surface area contributed by atoms with Gasteiger partial charge in [-0.1, -0.05) is 24.3 Å². The lowest BCUT2D eigenvalue weighted by molar-refractivity contribution is -0.137. The standard InChI is InChI=1S/C25H22F3N3O2S/c1-24(2,34(3,32)33)18-11-17-8-5-9-30-22(17)20(12-18)15-6-4-7-16(10-15)21-13-19(25(26,27)28)14-31-23(21)29/h4-14H,1-3H3,(H2,29,31). The van der Waals surface area contributed by atoms with Crippen molar-refractivity contribution in [2.24, 2.45) is 0 Å². The molecule has 2 aromatic heterocycles. The van der Waals surface area contributed by atoms with E-state index in [1.807, 2.05) is 6.07 Å². The molecular formula is C25H22F3N3O2S. The minimum atomic E-state index is -4.56. The van der Waals surface area contributed by atoms with Gasteiger partial charge in [0, 0.05) is 35.2 Å². The topological polar surface area (TPSA) is 85.9 Å². The largest absolute Gasteiger partial charge is 0.417 e. The van der Waals surface area contributed by atoms with Crippen LogP contribution < -0.4 is 5.73 Å². The third kappa shape index (κ3) is 4.23. The number of pyridine rings is 2. The number of alkyl halides is 3. The Labute approximate surface area is 195 Å². The molecule has 4 aromatic rings. The van der Waals surface area contributed by atoms with Gasteiger partial charge in [-0.25, -0.2) is 13.4 Å². The number of nitrogen functional groups attached to an aromatic ring is 1. The van der Waals surface area contributed by atoms with Gasteiger partial charge in [-0.15, -0.1) is 0 Å². The van der Waals surface area contributed by atoms with E-state index in [0.29, 0.717) is 34.0 Å². The van der Waals surface area contributed by atoms with Gasteiger partial charge < -0.3 is 5.73 Å². The summed E-state index contributed by atoms with van der Waals surface area (Å²) in [5.41, 5.74) is 8.16. The molecule has 0 aliphatic rings.